The van der Waals surface area contributed by atoms with E-state index in [1.165, 1.54) is 7.11 Å². The van der Waals surface area contributed by atoms with Crippen LogP contribution in [-0.2, 0) is 18.8 Å². The van der Waals surface area contributed by atoms with Gasteiger partial charge in [0.15, 0.2) is 11.4 Å². The second-order valence-electron chi connectivity index (χ2n) is 6.32. The molecule has 0 aromatic heterocycles. The van der Waals surface area contributed by atoms with Gasteiger partial charge in [0.2, 0.25) is 0 Å². The average molecular weight is 356 g/mol. The zero-order valence-electron chi connectivity index (χ0n) is 14.7. The molecule has 26 heavy (non-hydrogen) atoms. The first-order chi connectivity index (χ1) is 12.5. The highest BCUT2D eigenvalue weighted by Gasteiger charge is 2.65. The van der Waals surface area contributed by atoms with Crippen LogP contribution >= 0.6 is 0 Å². The first kappa shape index (κ1) is 18.5. The molecule has 1 aliphatic carbocycles. The van der Waals surface area contributed by atoms with Crippen molar-refractivity contribution in [2.24, 2.45) is 5.84 Å². The quantitative estimate of drug-likeness (QED) is 0.269. The third kappa shape index (κ3) is 2.62. The average Bonchev–Trinajstić information content (AvgIpc) is 3.23. The third-order valence-electron chi connectivity index (χ3n) is 5.09. The number of nitrogens with two attached hydrogens (primary N) is 1. The molecule has 7 nitrogen and oxygen atoms in total. The van der Waals surface area contributed by atoms with E-state index in [0.717, 1.165) is 0 Å². The van der Waals surface area contributed by atoms with Gasteiger partial charge in [0.1, 0.15) is 0 Å². The fourth-order valence-electron chi connectivity index (χ4n) is 3.70. The van der Waals surface area contributed by atoms with Crippen molar-refractivity contribution in [3.8, 4) is 0 Å². The summed E-state index contributed by atoms with van der Waals surface area (Å²) in [4.78, 5) is 26.0. The highest BCUT2D eigenvalue weighted by Crippen LogP contribution is 2.55. The molecule has 0 saturated carbocycles. The molecule has 2 unspecified atom stereocenters. The Morgan fingerprint density at radius 3 is 2.46 bits per heavy atom. The Morgan fingerprint density at radius 2 is 1.88 bits per heavy atom. The monoisotopic (exact) mass is 356 g/mol. The highest BCUT2D eigenvalue weighted by molar-refractivity contribution is 6.53. The number of ether oxygens (including phenoxy) is 1. The smallest absolute Gasteiger partial charge is 0.408 e. The number of hydrogen-bond acceptors (Lipinski definition) is 6. The van der Waals surface area contributed by atoms with Crippen molar-refractivity contribution in [2.75, 3.05) is 20.3 Å². The predicted octanol–water partition coefficient (Wildman–Crippen LogP) is 1.04. The van der Waals surface area contributed by atoms with Gasteiger partial charge in [-0.05, 0) is 6.08 Å². The lowest BCUT2D eigenvalue weighted by Crippen LogP contribution is -2.59. The standard InChI is InChI=1S/C18H21BN2O5/c1-17(19-25-11-12-26-19)14(16(23)21-20)9-6-10-18(17,24-2)15(22)13-7-4-3-5-8-13/h3-10H,11-12,20H2,1-2H3,(H,21,23). The van der Waals surface area contributed by atoms with Crippen LogP contribution in [0.3, 0.4) is 0 Å². The normalized spacial score (nSPS) is 28.0. The molecule has 1 amide bonds. The molecule has 1 aromatic rings. The molecule has 2 atom stereocenters. The number of nitrogens with one attached hydrogen (secondary N) is 1. The third-order valence-corrected chi connectivity index (χ3v) is 5.09. The number of hydrogen-bond donors (Lipinski definition) is 2. The van der Waals surface area contributed by atoms with Gasteiger partial charge in [-0.15, -0.1) is 0 Å². The summed E-state index contributed by atoms with van der Waals surface area (Å²) in [6.45, 7) is 2.44. The maximum Gasteiger partial charge on any atom is 0.472 e. The van der Waals surface area contributed by atoms with Crippen LogP contribution in [0.15, 0.2) is 54.1 Å². The minimum Gasteiger partial charge on any atom is -0.408 e. The van der Waals surface area contributed by atoms with Crippen molar-refractivity contribution in [3.63, 3.8) is 0 Å². The number of rotatable bonds is 5. The summed E-state index contributed by atoms with van der Waals surface area (Å²) in [6.07, 6.45) is 4.86. The Balaban J connectivity index is 2.18. The zero-order valence-corrected chi connectivity index (χ0v) is 14.7. The van der Waals surface area contributed by atoms with Gasteiger partial charge < -0.3 is 14.0 Å². The van der Waals surface area contributed by atoms with Gasteiger partial charge in [0.25, 0.3) is 5.91 Å². The van der Waals surface area contributed by atoms with Crippen molar-refractivity contribution in [1.82, 2.24) is 5.43 Å². The molecular formula is C18H21BN2O5. The van der Waals surface area contributed by atoms with E-state index < -0.39 is 23.9 Å². The SMILES string of the molecule is COC1(C(=O)c2ccccc2)C=CC=C(C(=O)NN)C1(C)B1OCCO1. The molecular weight excluding hydrogens is 335 g/mol. The van der Waals surface area contributed by atoms with Crippen LogP contribution in [0.4, 0.5) is 0 Å². The molecule has 1 aromatic carbocycles. The Morgan fingerprint density at radius 1 is 1.23 bits per heavy atom. The van der Waals surface area contributed by atoms with Crippen LogP contribution in [0.1, 0.15) is 17.3 Å². The maximum absolute atomic E-state index is 13.5. The topological polar surface area (TPSA) is 99.9 Å². The molecule has 3 rings (SSSR count). The van der Waals surface area contributed by atoms with Crippen molar-refractivity contribution >= 4 is 18.8 Å². The maximum atomic E-state index is 13.5. The molecule has 1 saturated heterocycles. The molecule has 1 fully saturated rings. The van der Waals surface area contributed by atoms with E-state index >= 15 is 0 Å². The second kappa shape index (κ2) is 7.16. The Kier molecular flexibility index (Phi) is 5.11. The summed E-state index contributed by atoms with van der Waals surface area (Å²) in [5.74, 6) is 4.54. The number of hydrazine groups is 1. The van der Waals surface area contributed by atoms with Gasteiger partial charge in [-0.2, -0.15) is 0 Å². The summed E-state index contributed by atoms with van der Waals surface area (Å²) in [7, 11) is 0.588. The van der Waals surface area contributed by atoms with Gasteiger partial charge in [-0.25, -0.2) is 5.84 Å². The lowest BCUT2D eigenvalue weighted by Gasteiger charge is -2.47. The molecule has 3 N–H and O–H groups in total. The number of amides is 1. The van der Waals surface area contributed by atoms with E-state index in [2.05, 4.69) is 5.43 Å². The van der Waals surface area contributed by atoms with E-state index in [4.69, 9.17) is 19.9 Å². The summed E-state index contributed by atoms with van der Waals surface area (Å²) in [5, 5.41) is -1.25. The van der Waals surface area contributed by atoms with E-state index in [1.54, 1.807) is 49.4 Å². The molecule has 1 aliphatic heterocycles. The van der Waals surface area contributed by atoms with Crippen LogP contribution in [0.25, 0.3) is 0 Å². The summed E-state index contributed by atoms with van der Waals surface area (Å²) >= 11 is 0. The van der Waals surface area contributed by atoms with E-state index in [-0.39, 0.29) is 11.4 Å². The van der Waals surface area contributed by atoms with Crippen LogP contribution < -0.4 is 11.3 Å². The molecule has 2 aliphatic rings. The number of methoxy groups -OCH3 is 1. The molecule has 136 valence electrons. The number of ketones is 1. The minimum atomic E-state index is -1.50. The van der Waals surface area contributed by atoms with Gasteiger partial charge >= 0.3 is 7.12 Å². The summed E-state index contributed by atoms with van der Waals surface area (Å²) in [6, 6.07) is 8.77. The Labute approximate surface area is 152 Å². The van der Waals surface area contributed by atoms with Gasteiger partial charge in [-0.3, -0.25) is 15.0 Å². The molecule has 0 spiro atoms. The van der Waals surface area contributed by atoms with E-state index in [0.29, 0.717) is 18.8 Å². The molecule has 1 heterocycles. The number of carbonyl (C=O) groups is 2. The van der Waals surface area contributed by atoms with Crippen molar-refractivity contribution in [3.05, 3.63) is 59.7 Å². The number of Topliss-reactive ketones (excluding diaryl/α,β-unsaturated/α-hetero) is 1. The first-order valence-electron chi connectivity index (χ1n) is 8.30. The molecule has 8 heteroatoms. The van der Waals surface area contributed by atoms with E-state index in [9.17, 15) is 9.59 Å². The van der Waals surface area contributed by atoms with Gasteiger partial charge in [0.05, 0.1) is 18.5 Å². The van der Waals surface area contributed by atoms with Crippen LogP contribution in [-0.4, -0.2) is 44.7 Å². The Bertz CT molecular complexity index is 760. The largest absolute Gasteiger partial charge is 0.472 e. The van der Waals surface area contributed by atoms with Gasteiger partial charge in [-0.1, -0.05) is 49.4 Å². The van der Waals surface area contributed by atoms with Gasteiger partial charge in [0, 0.05) is 18.2 Å². The number of allylic oxidation sites excluding steroid dienone is 2. The Hall–Kier alpha value is -2.26. The fourth-order valence-corrected chi connectivity index (χ4v) is 3.70. The summed E-state index contributed by atoms with van der Waals surface area (Å²) in [5.41, 5.74) is 1.34. The second-order valence-corrected chi connectivity index (χ2v) is 6.32. The lowest BCUT2D eigenvalue weighted by atomic mass is 9.44. The van der Waals surface area contributed by atoms with Crippen LogP contribution in [0.5, 0.6) is 0 Å². The number of benzene rings is 1. The fraction of sp³-hybridized carbons (Fsp3) is 0.333. The van der Waals surface area contributed by atoms with Crippen molar-refractivity contribution in [1.29, 1.82) is 0 Å². The zero-order chi connectivity index (χ0) is 18.8. The van der Waals surface area contributed by atoms with Crippen LogP contribution in [0, 0.1) is 0 Å². The molecule has 0 bridgehead atoms. The predicted molar refractivity (Wildman–Crippen MR) is 96.1 cm³/mol. The van der Waals surface area contributed by atoms with Crippen molar-refractivity contribution in [2.45, 2.75) is 17.8 Å². The van der Waals surface area contributed by atoms with Crippen LogP contribution in [0.2, 0.25) is 5.31 Å². The minimum absolute atomic E-state index is 0.250. The summed E-state index contributed by atoms with van der Waals surface area (Å²) < 4.78 is 17.2. The van der Waals surface area contributed by atoms with Crippen molar-refractivity contribution < 1.29 is 23.6 Å². The molecule has 0 radical (unpaired) electrons. The lowest BCUT2D eigenvalue weighted by molar-refractivity contribution is -0.118. The van der Waals surface area contributed by atoms with E-state index in [1.807, 2.05) is 6.07 Å². The highest BCUT2D eigenvalue weighted by atomic mass is 16.6. The number of carbonyl (C=O) groups excluding carboxylic acids is 2. The first-order valence-corrected chi connectivity index (χ1v) is 8.30.